The summed E-state index contributed by atoms with van der Waals surface area (Å²) >= 11 is 3.47. The number of ether oxygens (including phenoxy) is 1. The van der Waals surface area contributed by atoms with E-state index in [1.807, 2.05) is 12.1 Å². The van der Waals surface area contributed by atoms with Crippen LogP contribution in [0.5, 0.6) is 0 Å². The van der Waals surface area contributed by atoms with E-state index in [0.29, 0.717) is 5.69 Å². The molecule has 0 atom stereocenters. The molecule has 1 aliphatic heterocycles. The molecule has 1 fully saturated rings. The molecule has 1 aliphatic rings. The van der Waals surface area contributed by atoms with Crippen molar-refractivity contribution in [2.45, 2.75) is 26.2 Å². The standard InChI is InChI=1S/C19H25BrN4O2/c1-13(2)17-16(20)18(23-22-17)19(25)21-15-5-3-14(4-6-15)7-8-24-9-11-26-12-10-24/h3-6,13H,7-12H2,1-2H3,(H,21,25)(H,22,23). The van der Waals surface area contributed by atoms with Crippen molar-refractivity contribution in [1.29, 1.82) is 0 Å². The number of hydrogen-bond donors (Lipinski definition) is 2. The first kappa shape index (κ1) is 19.1. The third kappa shape index (κ3) is 4.72. The molecule has 0 unspecified atom stereocenters. The van der Waals surface area contributed by atoms with E-state index in [9.17, 15) is 4.79 Å². The predicted molar refractivity (Wildman–Crippen MR) is 106 cm³/mol. The zero-order valence-electron chi connectivity index (χ0n) is 15.2. The Kier molecular flexibility index (Phi) is 6.45. The van der Waals surface area contributed by atoms with Crippen molar-refractivity contribution in [1.82, 2.24) is 15.1 Å². The molecule has 6 nitrogen and oxygen atoms in total. The largest absolute Gasteiger partial charge is 0.379 e. The third-order valence-corrected chi connectivity index (χ3v) is 5.36. The zero-order valence-corrected chi connectivity index (χ0v) is 16.8. The van der Waals surface area contributed by atoms with E-state index < -0.39 is 0 Å². The van der Waals surface area contributed by atoms with Gasteiger partial charge in [0.25, 0.3) is 5.91 Å². The number of carbonyl (C=O) groups excluding carboxylic acids is 1. The van der Waals surface area contributed by atoms with Gasteiger partial charge < -0.3 is 10.1 Å². The predicted octanol–water partition coefficient (Wildman–Crippen LogP) is 3.42. The van der Waals surface area contributed by atoms with Gasteiger partial charge in [-0.1, -0.05) is 26.0 Å². The number of nitrogens with zero attached hydrogens (tertiary/aromatic N) is 2. The summed E-state index contributed by atoms with van der Waals surface area (Å²) in [5, 5.41) is 9.96. The summed E-state index contributed by atoms with van der Waals surface area (Å²) in [6, 6.07) is 8.01. The van der Waals surface area contributed by atoms with E-state index in [2.05, 4.69) is 62.3 Å². The summed E-state index contributed by atoms with van der Waals surface area (Å²) in [6.07, 6.45) is 0.997. The van der Waals surface area contributed by atoms with Crippen molar-refractivity contribution >= 4 is 27.5 Å². The summed E-state index contributed by atoms with van der Waals surface area (Å²) in [5.41, 5.74) is 3.34. The number of benzene rings is 1. The summed E-state index contributed by atoms with van der Waals surface area (Å²) < 4.78 is 6.10. The van der Waals surface area contributed by atoms with Crippen LogP contribution in [0.3, 0.4) is 0 Å². The number of rotatable bonds is 6. The maximum absolute atomic E-state index is 12.4. The van der Waals surface area contributed by atoms with Gasteiger partial charge in [0.2, 0.25) is 0 Å². The Labute approximate surface area is 162 Å². The number of nitrogens with one attached hydrogen (secondary N) is 2. The van der Waals surface area contributed by atoms with E-state index in [-0.39, 0.29) is 11.8 Å². The van der Waals surface area contributed by atoms with E-state index in [1.165, 1.54) is 5.56 Å². The SMILES string of the molecule is CC(C)c1[nH]nc(C(=O)Nc2ccc(CCN3CCOCC3)cc2)c1Br. The molecule has 0 saturated carbocycles. The molecule has 2 aromatic rings. The van der Waals surface area contributed by atoms with E-state index >= 15 is 0 Å². The highest BCUT2D eigenvalue weighted by molar-refractivity contribution is 9.10. The van der Waals surface area contributed by atoms with E-state index in [0.717, 1.165) is 55.1 Å². The number of H-pyrrole nitrogens is 1. The van der Waals surface area contributed by atoms with Crippen LogP contribution in [0.15, 0.2) is 28.7 Å². The first-order valence-electron chi connectivity index (χ1n) is 8.98. The Morgan fingerprint density at radius 1 is 1.31 bits per heavy atom. The lowest BCUT2D eigenvalue weighted by molar-refractivity contribution is 0.0384. The van der Waals surface area contributed by atoms with Gasteiger partial charge in [-0.3, -0.25) is 14.8 Å². The maximum atomic E-state index is 12.4. The molecule has 2 N–H and O–H groups in total. The summed E-state index contributed by atoms with van der Waals surface area (Å²) in [5.74, 6) is 0.0465. The van der Waals surface area contributed by atoms with E-state index in [1.54, 1.807) is 0 Å². The summed E-state index contributed by atoms with van der Waals surface area (Å²) in [6.45, 7) is 8.80. The van der Waals surface area contributed by atoms with Gasteiger partial charge in [0.05, 0.1) is 23.4 Å². The van der Waals surface area contributed by atoms with Gasteiger partial charge in [-0.2, -0.15) is 5.10 Å². The lowest BCUT2D eigenvalue weighted by atomic mass is 10.1. The Morgan fingerprint density at radius 2 is 2.00 bits per heavy atom. The Morgan fingerprint density at radius 3 is 2.62 bits per heavy atom. The molecule has 1 saturated heterocycles. The first-order valence-corrected chi connectivity index (χ1v) is 9.78. The summed E-state index contributed by atoms with van der Waals surface area (Å²) in [7, 11) is 0. The van der Waals surface area contributed by atoms with Gasteiger partial charge in [-0.25, -0.2) is 0 Å². The van der Waals surface area contributed by atoms with Gasteiger partial charge >= 0.3 is 0 Å². The topological polar surface area (TPSA) is 70.2 Å². The zero-order chi connectivity index (χ0) is 18.5. The molecule has 2 heterocycles. The van der Waals surface area contributed by atoms with Gasteiger partial charge in [0.15, 0.2) is 5.69 Å². The Balaban J connectivity index is 1.56. The molecule has 140 valence electrons. The molecular weight excluding hydrogens is 396 g/mol. The maximum Gasteiger partial charge on any atom is 0.277 e. The number of anilines is 1. The van der Waals surface area contributed by atoms with Gasteiger partial charge in [-0.15, -0.1) is 0 Å². The van der Waals surface area contributed by atoms with Crippen LogP contribution in [-0.2, 0) is 11.2 Å². The van der Waals surface area contributed by atoms with Crippen LogP contribution >= 0.6 is 15.9 Å². The highest BCUT2D eigenvalue weighted by Gasteiger charge is 2.19. The second-order valence-corrected chi connectivity index (χ2v) is 7.60. The van der Waals surface area contributed by atoms with Crippen LogP contribution in [0.25, 0.3) is 0 Å². The second kappa shape index (κ2) is 8.79. The van der Waals surface area contributed by atoms with Crippen molar-refractivity contribution in [2.75, 3.05) is 38.2 Å². The fourth-order valence-electron chi connectivity index (χ4n) is 2.93. The number of halogens is 1. The molecule has 0 spiro atoms. The molecule has 7 heteroatoms. The van der Waals surface area contributed by atoms with Crippen molar-refractivity contribution in [2.24, 2.45) is 0 Å². The number of morpholine rings is 1. The van der Waals surface area contributed by atoms with Crippen LogP contribution in [-0.4, -0.2) is 53.9 Å². The number of amides is 1. The first-order chi connectivity index (χ1) is 12.5. The Hall–Kier alpha value is -1.70. The van der Waals surface area contributed by atoms with Crippen molar-refractivity contribution < 1.29 is 9.53 Å². The molecule has 0 aliphatic carbocycles. The van der Waals surface area contributed by atoms with Crippen LogP contribution < -0.4 is 5.32 Å². The number of hydrogen-bond acceptors (Lipinski definition) is 4. The van der Waals surface area contributed by atoms with Gasteiger partial charge in [0, 0.05) is 25.3 Å². The van der Waals surface area contributed by atoms with Crippen LogP contribution in [0.2, 0.25) is 0 Å². The molecule has 3 rings (SSSR count). The monoisotopic (exact) mass is 420 g/mol. The normalized spacial score (nSPS) is 15.4. The van der Waals surface area contributed by atoms with E-state index in [4.69, 9.17) is 4.74 Å². The van der Waals surface area contributed by atoms with Crippen molar-refractivity contribution in [3.63, 3.8) is 0 Å². The molecule has 1 aromatic carbocycles. The minimum absolute atomic E-state index is 0.221. The fraction of sp³-hybridized carbons (Fsp3) is 0.474. The van der Waals surface area contributed by atoms with Gasteiger partial charge in [0.1, 0.15) is 0 Å². The number of aromatic nitrogens is 2. The smallest absolute Gasteiger partial charge is 0.277 e. The molecule has 1 amide bonds. The van der Waals surface area contributed by atoms with Crippen molar-refractivity contribution in [3.8, 4) is 0 Å². The van der Waals surface area contributed by atoms with Gasteiger partial charge in [-0.05, 0) is 46.0 Å². The lowest BCUT2D eigenvalue weighted by Crippen LogP contribution is -2.37. The third-order valence-electron chi connectivity index (χ3n) is 4.56. The lowest BCUT2D eigenvalue weighted by Gasteiger charge is -2.26. The molecule has 1 aromatic heterocycles. The quantitative estimate of drug-likeness (QED) is 0.750. The average Bonchev–Trinajstić information content (AvgIpc) is 3.04. The average molecular weight is 421 g/mol. The van der Waals surface area contributed by atoms with Crippen LogP contribution in [0.1, 0.15) is 41.5 Å². The highest BCUT2D eigenvalue weighted by Crippen LogP contribution is 2.26. The second-order valence-electron chi connectivity index (χ2n) is 6.81. The minimum Gasteiger partial charge on any atom is -0.379 e. The number of carbonyl (C=O) groups is 1. The van der Waals surface area contributed by atoms with Crippen LogP contribution in [0, 0.1) is 0 Å². The van der Waals surface area contributed by atoms with Crippen molar-refractivity contribution in [3.05, 3.63) is 45.7 Å². The fourth-order valence-corrected chi connectivity index (χ4v) is 3.75. The summed E-state index contributed by atoms with van der Waals surface area (Å²) in [4.78, 5) is 14.9. The molecule has 0 bridgehead atoms. The van der Waals surface area contributed by atoms with Crippen LogP contribution in [0.4, 0.5) is 5.69 Å². The minimum atomic E-state index is -0.221. The molecule has 0 radical (unpaired) electrons. The highest BCUT2D eigenvalue weighted by atomic mass is 79.9. The molecular formula is C19H25BrN4O2. The number of aromatic amines is 1. The Bertz CT molecular complexity index is 736. The molecule has 26 heavy (non-hydrogen) atoms.